The number of hydrogen-bond acceptors (Lipinski definition) is 1. The summed E-state index contributed by atoms with van der Waals surface area (Å²) in [4.78, 5) is 9.66. The van der Waals surface area contributed by atoms with Gasteiger partial charge in [0.25, 0.3) is 7.37 Å². The molecule has 0 aliphatic rings. The van der Waals surface area contributed by atoms with Crippen LogP contribution in [-0.4, -0.2) is 4.89 Å². The van der Waals surface area contributed by atoms with Gasteiger partial charge in [-0.15, -0.1) is 5.73 Å². The third-order valence-corrected chi connectivity index (χ3v) is 3.17. The second kappa shape index (κ2) is 4.43. The SMILES string of the molecule is CC(C)=C=CP(=O)(O)c1ccccc1. The Morgan fingerprint density at radius 3 is 2.43 bits per heavy atom. The van der Waals surface area contributed by atoms with Gasteiger partial charge in [-0.25, -0.2) is 0 Å². The van der Waals surface area contributed by atoms with Crippen LogP contribution in [0.3, 0.4) is 0 Å². The Balaban J connectivity index is 3.10. The molecule has 1 unspecified atom stereocenters. The van der Waals surface area contributed by atoms with Crippen LogP contribution in [0.4, 0.5) is 0 Å². The highest BCUT2D eigenvalue weighted by molar-refractivity contribution is 7.69. The smallest absolute Gasteiger partial charge is 0.259 e. The van der Waals surface area contributed by atoms with Crippen molar-refractivity contribution >= 4 is 12.7 Å². The first-order valence-electron chi connectivity index (χ1n) is 4.31. The molecule has 0 heterocycles. The van der Waals surface area contributed by atoms with Crippen molar-refractivity contribution in [1.82, 2.24) is 0 Å². The third kappa shape index (κ3) is 3.01. The van der Waals surface area contributed by atoms with Crippen LogP contribution in [0.25, 0.3) is 0 Å². The van der Waals surface area contributed by atoms with Crippen molar-refractivity contribution in [1.29, 1.82) is 0 Å². The second-order valence-electron chi connectivity index (χ2n) is 3.23. The molecule has 0 fully saturated rings. The Kier molecular flexibility index (Phi) is 3.49. The number of allylic oxidation sites excluding steroid dienone is 1. The van der Waals surface area contributed by atoms with Crippen molar-refractivity contribution in [2.24, 2.45) is 0 Å². The molecule has 0 radical (unpaired) electrons. The van der Waals surface area contributed by atoms with Gasteiger partial charge in [-0.2, -0.15) is 0 Å². The van der Waals surface area contributed by atoms with Gasteiger partial charge in [-0.05, 0) is 31.6 Å². The molecule has 0 saturated carbocycles. The molecule has 0 amide bonds. The molecule has 1 N–H and O–H groups in total. The molecule has 1 aromatic carbocycles. The van der Waals surface area contributed by atoms with Crippen molar-refractivity contribution < 1.29 is 9.46 Å². The average Bonchev–Trinajstić information content (AvgIpc) is 2.16. The highest BCUT2D eigenvalue weighted by atomic mass is 31.2. The van der Waals surface area contributed by atoms with E-state index < -0.39 is 7.37 Å². The molecule has 1 rings (SSSR count). The van der Waals surface area contributed by atoms with Crippen LogP contribution in [-0.2, 0) is 4.57 Å². The number of benzene rings is 1. The summed E-state index contributed by atoms with van der Waals surface area (Å²) < 4.78 is 11.7. The summed E-state index contributed by atoms with van der Waals surface area (Å²) in [5, 5.41) is 0.439. The summed E-state index contributed by atoms with van der Waals surface area (Å²) in [6, 6.07) is 8.59. The van der Waals surface area contributed by atoms with E-state index in [0.29, 0.717) is 5.30 Å². The van der Waals surface area contributed by atoms with E-state index in [-0.39, 0.29) is 0 Å². The van der Waals surface area contributed by atoms with E-state index in [1.807, 2.05) is 19.9 Å². The molecule has 0 spiro atoms. The predicted molar refractivity (Wildman–Crippen MR) is 58.8 cm³/mol. The number of hydrogen-bond donors (Lipinski definition) is 1. The average molecular weight is 208 g/mol. The maximum atomic E-state index is 11.7. The molecule has 1 aromatic rings. The molecule has 2 nitrogen and oxygen atoms in total. The lowest BCUT2D eigenvalue weighted by Gasteiger charge is -2.04. The van der Waals surface area contributed by atoms with Gasteiger partial charge < -0.3 is 4.89 Å². The fourth-order valence-electron chi connectivity index (χ4n) is 0.933. The molecule has 0 aromatic heterocycles. The van der Waals surface area contributed by atoms with Crippen molar-refractivity contribution in [2.45, 2.75) is 13.8 Å². The fourth-order valence-corrected chi connectivity index (χ4v) is 2.11. The molecule has 0 aliphatic carbocycles. The van der Waals surface area contributed by atoms with Gasteiger partial charge in [0, 0.05) is 11.1 Å². The lowest BCUT2D eigenvalue weighted by Crippen LogP contribution is -2.00. The molecule has 0 aliphatic heterocycles. The van der Waals surface area contributed by atoms with Crippen LogP contribution in [0.1, 0.15) is 13.8 Å². The van der Waals surface area contributed by atoms with Gasteiger partial charge in [-0.1, -0.05) is 18.2 Å². The first kappa shape index (κ1) is 11.0. The Bertz CT molecular complexity index is 410. The van der Waals surface area contributed by atoms with Crippen LogP contribution in [0.2, 0.25) is 0 Å². The van der Waals surface area contributed by atoms with E-state index in [1.54, 1.807) is 24.3 Å². The van der Waals surface area contributed by atoms with Gasteiger partial charge in [0.05, 0.1) is 0 Å². The molecule has 0 saturated heterocycles. The van der Waals surface area contributed by atoms with Gasteiger partial charge >= 0.3 is 0 Å². The first-order chi connectivity index (χ1) is 6.52. The van der Waals surface area contributed by atoms with Gasteiger partial charge in [-0.3, -0.25) is 4.57 Å². The minimum Gasteiger partial charge on any atom is -0.338 e. The van der Waals surface area contributed by atoms with Crippen LogP contribution in [0.15, 0.2) is 47.5 Å². The Hall–Kier alpha value is -1.07. The van der Waals surface area contributed by atoms with E-state index in [9.17, 15) is 9.46 Å². The van der Waals surface area contributed by atoms with Gasteiger partial charge in [0.15, 0.2) is 0 Å². The molecule has 0 bridgehead atoms. The van der Waals surface area contributed by atoms with E-state index in [1.165, 1.54) is 5.82 Å². The van der Waals surface area contributed by atoms with Crippen molar-refractivity contribution in [3.8, 4) is 0 Å². The van der Waals surface area contributed by atoms with Crippen LogP contribution in [0, 0.1) is 0 Å². The summed E-state index contributed by atoms with van der Waals surface area (Å²) in [7, 11) is -3.36. The molecule has 3 heteroatoms. The zero-order valence-electron chi connectivity index (χ0n) is 8.27. The summed E-state index contributed by atoms with van der Waals surface area (Å²) in [5.74, 6) is 1.25. The normalized spacial score (nSPS) is 13.9. The maximum Gasteiger partial charge on any atom is 0.259 e. The number of rotatable bonds is 2. The third-order valence-electron chi connectivity index (χ3n) is 1.65. The van der Waals surface area contributed by atoms with E-state index in [2.05, 4.69) is 5.73 Å². The van der Waals surface area contributed by atoms with Crippen LogP contribution < -0.4 is 5.30 Å². The van der Waals surface area contributed by atoms with E-state index in [4.69, 9.17) is 0 Å². The van der Waals surface area contributed by atoms with Crippen LogP contribution in [0.5, 0.6) is 0 Å². The highest BCUT2D eigenvalue weighted by Crippen LogP contribution is 2.40. The monoisotopic (exact) mass is 208 g/mol. The molecular weight excluding hydrogens is 195 g/mol. The van der Waals surface area contributed by atoms with Crippen molar-refractivity contribution in [3.05, 3.63) is 47.5 Å². The zero-order valence-corrected chi connectivity index (χ0v) is 9.16. The topological polar surface area (TPSA) is 37.3 Å². The maximum absolute atomic E-state index is 11.7. The second-order valence-corrected chi connectivity index (χ2v) is 5.25. The summed E-state index contributed by atoms with van der Waals surface area (Å²) in [6.07, 6.45) is 0. The van der Waals surface area contributed by atoms with Crippen LogP contribution >= 0.6 is 7.37 Å². The first-order valence-corrected chi connectivity index (χ1v) is 6.04. The predicted octanol–water partition coefficient (Wildman–Crippen LogP) is 2.66. The molecule has 1 atom stereocenters. The summed E-state index contributed by atoms with van der Waals surface area (Å²) >= 11 is 0. The van der Waals surface area contributed by atoms with Crippen molar-refractivity contribution in [3.63, 3.8) is 0 Å². The Morgan fingerprint density at radius 1 is 1.36 bits per heavy atom. The highest BCUT2D eigenvalue weighted by Gasteiger charge is 2.15. The lowest BCUT2D eigenvalue weighted by molar-refractivity contribution is 0.500. The minimum atomic E-state index is -3.36. The molecule has 74 valence electrons. The standard InChI is InChI=1S/C11H13O2P/c1-10(2)8-9-14(12,13)11-6-4-3-5-7-11/h3-7,9H,1-2H3,(H,12,13). The van der Waals surface area contributed by atoms with E-state index >= 15 is 0 Å². The summed E-state index contributed by atoms with van der Waals surface area (Å²) in [6.45, 7) is 3.67. The van der Waals surface area contributed by atoms with Gasteiger partial charge in [0.2, 0.25) is 0 Å². The zero-order chi connectivity index (χ0) is 10.6. The largest absolute Gasteiger partial charge is 0.338 e. The quantitative estimate of drug-likeness (QED) is 0.599. The molecular formula is C11H13O2P. The Morgan fingerprint density at radius 2 is 1.93 bits per heavy atom. The van der Waals surface area contributed by atoms with Gasteiger partial charge in [0.1, 0.15) is 0 Å². The van der Waals surface area contributed by atoms with E-state index in [0.717, 1.165) is 5.57 Å². The summed E-state index contributed by atoms with van der Waals surface area (Å²) in [5.41, 5.74) is 3.65. The lowest BCUT2D eigenvalue weighted by atomic mass is 10.4. The minimum absolute atomic E-state index is 0.439. The van der Waals surface area contributed by atoms with Crippen molar-refractivity contribution in [2.75, 3.05) is 0 Å². The Labute approximate surface area is 84.0 Å². The fraction of sp³-hybridized carbons (Fsp3) is 0.182. The molecule has 14 heavy (non-hydrogen) atoms.